The van der Waals surface area contributed by atoms with Crippen LogP contribution in [0.15, 0.2) is 36.7 Å². The normalized spacial score (nSPS) is 30.1. The fourth-order valence-electron chi connectivity index (χ4n) is 3.17. The lowest BCUT2D eigenvalue weighted by molar-refractivity contribution is 0.224. The summed E-state index contributed by atoms with van der Waals surface area (Å²) in [7, 11) is 0. The SMILES string of the molecule is C=C(NCC1CCCC2C=CC=CC21)NC(C)C. The second kappa shape index (κ2) is 6.12. The minimum absolute atomic E-state index is 0.446. The fourth-order valence-corrected chi connectivity index (χ4v) is 3.17. The van der Waals surface area contributed by atoms with Crippen LogP contribution in [0.3, 0.4) is 0 Å². The molecule has 0 aromatic carbocycles. The van der Waals surface area contributed by atoms with E-state index in [1.807, 2.05) is 0 Å². The highest BCUT2D eigenvalue weighted by Gasteiger charge is 2.30. The lowest BCUT2D eigenvalue weighted by Crippen LogP contribution is -2.38. The van der Waals surface area contributed by atoms with E-state index in [-0.39, 0.29) is 0 Å². The van der Waals surface area contributed by atoms with Crippen molar-refractivity contribution in [3.63, 3.8) is 0 Å². The monoisotopic (exact) mass is 246 g/mol. The van der Waals surface area contributed by atoms with Crippen molar-refractivity contribution in [3.8, 4) is 0 Å². The quantitative estimate of drug-likeness (QED) is 0.778. The number of hydrogen-bond acceptors (Lipinski definition) is 2. The van der Waals surface area contributed by atoms with Gasteiger partial charge in [-0.3, -0.25) is 0 Å². The van der Waals surface area contributed by atoms with Crippen molar-refractivity contribution in [2.75, 3.05) is 6.54 Å². The molecule has 3 atom stereocenters. The molecule has 0 aromatic heterocycles. The summed E-state index contributed by atoms with van der Waals surface area (Å²) in [5.41, 5.74) is 0. The number of fused-ring (bicyclic) bond motifs is 1. The summed E-state index contributed by atoms with van der Waals surface area (Å²) in [5.74, 6) is 3.20. The van der Waals surface area contributed by atoms with Crippen LogP contribution in [0, 0.1) is 17.8 Å². The van der Waals surface area contributed by atoms with Crippen LogP contribution >= 0.6 is 0 Å². The van der Waals surface area contributed by atoms with Gasteiger partial charge in [0, 0.05) is 12.6 Å². The van der Waals surface area contributed by atoms with E-state index in [1.165, 1.54) is 19.3 Å². The van der Waals surface area contributed by atoms with E-state index in [1.54, 1.807) is 0 Å². The summed E-state index contributed by atoms with van der Waals surface area (Å²) < 4.78 is 0. The molecule has 0 spiro atoms. The Labute approximate surface area is 111 Å². The zero-order valence-electron chi connectivity index (χ0n) is 11.7. The number of hydrogen-bond donors (Lipinski definition) is 2. The third kappa shape index (κ3) is 3.41. The lowest BCUT2D eigenvalue weighted by Gasteiger charge is -2.37. The van der Waals surface area contributed by atoms with E-state index in [0.29, 0.717) is 6.04 Å². The first-order valence-electron chi connectivity index (χ1n) is 7.21. The lowest BCUT2D eigenvalue weighted by atomic mass is 9.70. The maximum Gasteiger partial charge on any atom is 0.0914 e. The third-order valence-corrected chi connectivity index (χ3v) is 3.99. The van der Waals surface area contributed by atoms with Crippen molar-refractivity contribution in [3.05, 3.63) is 36.7 Å². The number of allylic oxidation sites excluding steroid dienone is 4. The highest BCUT2D eigenvalue weighted by Crippen LogP contribution is 2.38. The minimum atomic E-state index is 0.446. The molecule has 2 aliphatic rings. The molecule has 1 fully saturated rings. The first-order valence-corrected chi connectivity index (χ1v) is 7.21. The molecule has 3 unspecified atom stereocenters. The fraction of sp³-hybridized carbons (Fsp3) is 0.625. The van der Waals surface area contributed by atoms with Gasteiger partial charge in [-0.1, -0.05) is 37.3 Å². The van der Waals surface area contributed by atoms with Gasteiger partial charge in [0.15, 0.2) is 0 Å². The minimum Gasteiger partial charge on any atom is -0.372 e. The van der Waals surface area contributed by atoms with Gasteiger partial charge in [-0.2, -0.15) is 0 Å². The highest BCUT2D eigenvalue weighted by atomic mass is 15.1. The largest absolute Gasteiger partial charge is 0.372 e. The summed E-state index contributed by atoms with van der Waals surface area (Å²) in [6.45, 7) is 9.34. The topological polar surface area (TPSA) is 24.1 Å². The van der Waals surface area contributed by atoms with Crippen LogP contribution in [0.25, 0.3) is 0 Å². The van der Waals surface area contributed by atoms with Gasteiger partial charge in [0.05, 0.1) is 5.82 Å². The molecule has 0 amide bonds. The summed E-state index contributed by atoms with van der Waals surface area (Å²) in [6.07, 6.45) is 13.2. The number of rotatable bonds is 5. The molecule has 100 valence electrons. The Balaban J connectivity index is 1.83. The molecule has 0 bridgehead atoms. The van der Waals surface area contributed by atoms with Crippen LogP contribution in [0.4, 0.5) is 0 Å². The second-order valence-corrected chi connectivity index (χ2v) is 5.86. The molecule has 0 heterocycles. The van der Waals surface area contributed by atoms with E-state index < -0.39 is 0 Å². The zero-order chi connectivity index (χ0) is 13.0. The van der Waals surface area contributed by atoms with Gasteiger partial charge in [0.2, 0.25) is 0 Å². The molecule has 2 heteroatoms. The van der Waals surface area contributed by atoms with Gasteiger partial charge in [0.25, 0.3) is 0 Å². The molecule has 1 saturated carbocycles. The standard InChI is InChI=1S/C16H26N2/c1-12(2)18-13(3)17-11-15-9-6-8-14-7-4-5-10-16(14)15/h4-5,7,10,12,14-18H,3,6,8-9,11H2,1-2H3. The van der Waals surface area contributed by atoms with Gasteiger partial charge in [-0.25, -0.2) is 0 Å². The molecule has 0 aliphatic heterocycles. The van der Waals surface area contributed by atoms with Crippen LogP contribution in [-0.4, -0.2) is 12.6 Å². The first kappa shape index (κ1) is 13.3. The zero-order valence-corrected chi connectivity index (χ0v) is 11.7. The maximum absolute atomic E-state index is 4.03. The average molecular weight is 246 g/mol. The van der Waals surface area contributed by atoms with Gasteiger partial charge >= 0.3 is 0 Å². The molecule has 2 N–H and O–H groups in total. The molecular weight excluding hydrogens is 220 g/mol. The molecular formula is C16H26N2. The van der Waals surface area contributed by atoms with E-state index in [2.05, 4.69) is 55.4 Å². The van der Waals surface area contributed by atoms with Crippen molar-refractivity contribution in [1.29, 1.82) is 0 Å². The van der Waals surface area contributed by atoms with Crippen molar-refractivity contribution < 1.29 is 0 Å². The van der Waals surface area contributed by atoms with E-state index in [9.17, 15) is 0 Å². The molecule has 2 aliphatic carbocycles. The van der Waals surface area contributed by atoms with Crippen LogP contribution in [0.5, 0.6) is 0 Å². The van der Waals surface area contributed by atoms with Crippen molar-refractivity contribution >= 4 is 0 Å². The summed E-state index contributed by atoms with van der Waals surface area (Å²) in [5, 5.41) is 6.77. The Bertz CT molecular complexity index is 341. The van der Waals surface area contributed by atoms with Gasteiger partial charge in [-0.15, -0.1) is 0 Å². The highest BCUT2D eigenvalue weighted by molar-refractivity contribution is 5.16. The van der Waals surface area contributed by atoms with Crippen LogP contribution in [0.2, 0.25) is 0 Å². The molecule has 0 saturated heterocycles. The smallest absolute Gasteiger partial charge is 0.0914 e. The maximum atomic E-state index is 4.03. The van der Waals surface area contributed by atoms with Crippen LogP contribution in [0.1, 0.15) is 33.1 Å². The molecule has 2 nitrogen and oxygen atoms in total. The first-order chi connectivity index (χ1) is 8.66. The van der Waals surface area contributed by atoms with E-state index in [4.69, 9.17) is 0 Å². The average Bonchev–Trinajstić information content (AvgIpc) is 2.35. The molecule has 0 aromatic rings. The Morgan fingerprint density at radius 1 is 1.28 bits per heavy atom. The molecule has 18 heavy (non-hydrogen) atoms. The van der Waals surface area contributed by atoms with Crippen LogP contribution < -0.4 is 10.6 Å². The molecule has 2 rings (SSSR count). The second-order valence-electron chi connectivity index (χ2n) is 5.86. The Kier molecular flexibility index (Phi) is 4.51. The summed E-state index contributed by atoms with van der Waals surface area (Å²) >= 11 is 0. The Morgan fingerprint density at radius 3 is 2.83 bits per heavy atom. The Morgan fingerprint density at radius 2 is 2.06 bits per heavy atom. The third-order valence-electron chi connectivity index (χ3n) is 3.99. The van der Waals surface area contributed by atoms with E-state index in [0.717, 1.165) is 30.1 Å². The molecule has 0 radical (unpaired) electrons. The predicted molar refractivity (Wildman–Crippen MR) is 78.0 cm³/mol. The summed E-state index contributed by atoms with van der Waals surface area (Å²) in [6, 6.07) is 0.446. The Hall–Kier alpha value is -1.18. The van der Waals surface area contributed by atoms with Crippen molar-refractivity contribution in [2.45, 2.75) is 39.2 Å². The predicted octanol–water partition coefficient (Wildman–Crippen LogP) is 3.20. The van der Waals surface area contributed by atoms with Gasteiger partial charge < -0.3 is 10.6 Å². The number of nitrogens with one attached hydrogen (secondary N) is 2. The summed E-state index contributed by atoms with van der Waals surface area (Å²) in [4.78, 5) is 0. The van der Waals surface area contributed by atoms with Crippen molar-refractivity contribution in [1.82, 2.24) is 10.6 Å². The van der Waals surface area contributed by atoms with Gasteiger partial charge in [0.1, 0.15) is 0 Å². The van der Waals surface area contributed by atoms with Crippen molar-refractivity contribution in [2.24, 2.45) is 17.8 Å². The van der Waals surface area contributed by atoms with Crippen LogP contribution in [-0.2, 0) is 0 Å². The van der Waals surface area contributed by atoms with E-state index >= 15 is 0 Å². The van der Waals surface area contributed by atoms with Gasteiger partial charge in [-0.05, 0) is 44.4 Å².